The van der Waals surface area contributed by atoms with Gasteiger partial charge in [-0.15, -0.1) is 0 Å². The van der Waals surface area contributed by atoms with Crippen LogP contribution in [0.15, 0.2) is 30.3 Å². The van der Waals surface area contributed by atoms with Gasteiger partial charge < -0.3 is 5.32 Å². The number of rotatable bonds is 6. The van der Waals surface area contributed by atoms with Gasteiger partial charge in [-0.3, -0.25) is 0 Å². The maximum Gasteiger partial charge on any atom is 0.00357 e. The number of aryl methyl sites for hydroxylation is 1. The zero-order valence-electron chi connectivity index (χ0n) is 9.29. The summed E-state index contributed by atoms with van der Waals surface area (Å²) in [5, 5.41) is 3.26. The summed E-state index contributed by atoms with van der Waals surface area (Å²) in [6, 6.07) is 11.4. The van der Waals surface area contributed by atoms with Crippen molar-refractivity contribution >= 4 is 0 Å². The quantitative estimate of drug-likeness (QED) is 0.682. The highest BCUT2D eigenvalue weighted by Crippen LogP contribution is 2.07. The molecule has 1 N–H and O–H groups in total. The summed E-state index contributed by atoms with van der Waals surface area (Å²) < 4.78 is 0. The molecule has 0 spiro atoms. The fourth-order valence-electron chi connectivity index (χ4n) is 1.57. The first-order chi connectivity index (χ1) is 6.83. The molecule has 1 atom stereocenters. The molecule has 0 aliphatic carbocycles. The molecule has 1 heteroatoms. The van der Waals surface area contributed by atoms with E-state index in [2.05, 4.69) is 42.6 Å². The molecule has 1 rings (SSSR count). The van der Waals surface area contributed by atoms with E-state index < -0.39 is 0 Å². The standard InChI is InChI=1S/C13H21N/c1-12(14-2)8-6-7-11-13-9-4-3-5-10-13/h3-5,9-10,12,14H,6-8,11H2,1-2H3. The second kappa shape index (κ2) is 6.61. The molecular weight excluding hydrogens is 170 g/mol. The largest absolute Gasteiger partial charge is 0.317 e. The van der Waals surface area contributed by atoms with Crippen LogP contribution in [0.1, 0.15) is 31.7 Å². The lowest BCUT2D eigenvalue weighted by atomic mass is 10.1. The Kier molecular flexibility index (Phi) is 5.31. The Balaban J connectivity index is 2.10. The summed E-state index contributed by atoms with van der Waals surface area (Å²) in [6.07, 6.45) is 5.12. The summed E-state index contributed by atoms with van der Waals surface area (Å²) in [4.78, 5) is 0. The van der Waals surface area contributed by atoms with Crippen molar-refractivity contribution in [2.45, 2.75) is 38.6 Å². The van der Waals surface area contributed by atoms with Gasteiger partial charge in [0.1, 0.15) is 0 Å². The van der Waals surface area contributed by atoms with Crippen molar-refractivity contribution in [3.63, 3.8) is 0 Å². The van der Waals surface area contributed by atoms with Crippen molar-refractivity contribution in [1.29, 1.82) is 0 Å². The third-order valence-electron chi connectivity index (χ3n) is 2.69. The van der Waals surface area contributed by atoms with Gasteiger partial charge in [-0.1, -0.05) is 36.8 Å². The van der Waals surface area contributed by atoms with E-state index in [0.717, 1.165) is 0 Å². The smallest absolute Gasteiger partial charge is 0.00357 e. The molecule has 0 aliphatic rings. The van der Waals surface area contributed by atoms with Gasteiger partial charge >= 0.3 is 0 Å². The van der Waals surface area contributed by atoms with Gasteiger partial charge in [-0.2, -0.15) is 0 Å². The Hall–Kier alpha value is -0.820. The zero-order chi connectivity index (χ0) is 10.2. The van der Waals surface area contributed by atoms with Gasteiger partial charge in [0.2, 0.25) is 0 Å². The van der Waals surface area contributed by atoms with Crippen molar-refractivity contribution < 1.29 is 0 Å². The van der Waals surface area contributed by atoms with Crippen molar-refractivity contribution in [1.82, 2.24) is 5.32 Å². The fraction of sp³-hybridized carbons (Fsp3) is 0.538. The van der Waals surface area contributed by atoms with Gasteiger partial charge in [0.05, 0.1) is 0 Å². The number of hydrogen-bond donors (Lipinski definition) is 1. The summed E-state index contributed by atoms with van der Waals surface area (Å²) in [7, 11) is 2.03. The predicted molar refractivity (Wildman–Crippen MR) is 62.5 cm³/mol. The van der Waals surface area contributed by atoms with Gasteiger partial charge in [0.15, 0.2) is 0 Å². The highest BCUT2D eigenvalue weighted by atomic mass is 14.8. The van der Waals surface area contributed by atoms with Gasteiger partial charge in [-0.25, -0.2) is 0 Å². The molecule has 1 nitrogen and oxygen atoms in total. The molecule has 0 saturated heterocycles. The van der Waals surface area contributed by atoms with Crippen molar-refractivity contribution in [3.05, 3.63) is 35.9 Å². The monoisotopic (exact) mass is 191 g/mol. The lowest BCUT2D eigenvalue weighted by Crippen LogP contribution is -2.20. The van der Waals surface area contributed by atoms with Crippen LogP contribution in [-0.2, 0) is 6.42 Å². The third-order valence-corrected chi connectivity index (χ3v) is 2.69. The van der Waals surface area contributed by atoms with E-state index in [9.17, 15) is 0 Å². The van der Waals surface area contributed by atoms with Crippen LogP contribution in [-0.4, -0.2) is 13.1 Å². The van der Waals surface area contributed by atoms with Crippen LogP contribution in [0, 0.1) is 0 Å². The second-order valence-electron chi connectivity index (χ2n) is 3.92. The third kappa shape index (κ3) is 4.43. The molecule has 0 aromatic heterocycles. The molecule has 14 heavy (non-hydrogen) atoms. The molecule has 0 saturated carbocycles. The van der Waals surface area contributed by atoms with E-state index in [1.54, 1.807) is 0 Å². The summed E-state index contributed by atoms with van der Waals surface area (Å²) in [5.41, 5.74) is 1.46. The van der Waals surface area contributed by atoms with Gasteiger partial charge in [-0.05, 0) is 38.8 Å². The minimum Gasteiger partial charge on any atom is -0.317 e. The van der Waals surface area contributed by atoms with E-state index in [1.807, 2.05) is 7.05 Å². The minimum absolute atomic E-state index is 0.658. The molecule has 0 fully saturated rings. The fourth-order valence-corrected chi connectivity index (χ4v) is 1.57. The number of hydrogen-bond acceptors (Lipinski definition) is 1. The number of benzene rings is 1. The lowest BCUT2D eigenvalue weighted by Gasteiger charge is -2.08. The van der Waals surface area contributed by atoms with Crippen LogP contribution in [0.2, 0.25) is 0 Å². The minimum atomic E-state index is 0.658. The normalized spacial score (nSPS) is 12.7. The molecule has 0 aliphatic heterocycles. The van der Waals surface area contributed by atoms with Gasteiger partial charge in [0, 0.05) is 6.04 Å². The van der Waals surface area contributed by atoms with E-state index in [1.165, 1.54) is 31.2 Å². The molecule has 1 aromatic rings. The van der Waals surface area contributed by atoms with Crippen molar-refractivity contribution in [2.24, 2.45) is 0 Å². The first-order valence-corrected chi connectivity index (χ1v) is 5.54. The number of nitrogens with one attached hydrogen (secondary N) is 1. The van der Waals surface area contributed by atoms with E-state index >= 15 is 0 Å². The van der Waals surface area contributed by atoms with Gasteiger partial charge in [0.25, 0.3) is 0 Å². The van der Waals surface area contributed by atoms with Crippen LogP contribution >= 0.6 is 0 Å². The van der Waals surface area contributed by atoms with E-state index in [0.29, 0.717) is 6.04 Å². The predicted octanol–water partition coefficient (Wildman–Crippen LogP) is 3.01. The van der Waals surface area contributed by atoms with Crippen LogP contribution in [0.25, 0.3) is 0 Å². The molecule has 0 heterocycles. The topological polar surface area (TPSA) is 12.0 Å². The average molecular weight is 191 g/mol. The van der Waals surface area contributed by atoms with Crippen LogP contribution in [0.4, 0.5) is 0 Å². The van der Waals surface area contributed by atoms with Crippen LogP contribution in [0.3, 0.4) is 0 Å². The highest BCUT2D eigenvalue weighted by molar-refractivity contribution is 5.14. The Morgan fingerprint density at radius 1 is 1.14 bits per heavy atom. The molecular formula is C13H21N. The summed E-state index contributed by atoms with van der Waals surface area (Å²) >= 11 is 0. The zero-order valence-corrected chi connectivity index (χ0v) is 9.29. The van der Waals surface area contributed by atoms with E-state index in [4.69, 9.17) is 0 Å². The first-order valence-electron chi connectivity index (χ1n) is 5.54. The SMILES string of the molecule is CNC(C)CCCCc1ccccc1. The Morgan fingerprint density at radius 2 is 1.86 bits per heavy atom. The Bertz CT molecular complexity index is 230. The van der Waals surface area contributed by atoms with Crippen LogP contribution in [0.5, 0.6) is 0 Å². The first kappa shape index (κ1) is 11.3. The maximum absolute atomic E-state index is 3.26. The molecule has 0 bridgehead atoms. The summed E-state index contributed by atoms with van der Waals surface area (Å²) in [5.74, 6) is 0. The second-order valence-corrected chi connectivity index (χ2v) is 3.92. The summed E-state index contributed by atoms with van der Waals surface area (Å²) in [6.45, 7) is 2.24. The van der Waals surface area contributed by atoms with Crippen molar-refractivity contribution in [3.8, 4) is 0 Å². The molecule has 1 unspecified atom stereocenters. The Morgan fingerprint density at radius 3 is 2.50 bits per heavy atom. The average Bonchev–Trinajstić information content (AvgIpc) is 2.25. The maximum atomic E-state index is 3.26. The Labute approximate surface area is 87.5 Å². The molecule has 0 radical (unpaired) electrons. The van der Waals surface area contributed by atoms with Crippen molar-refractivity contribution in [2.75, 3.05) is 7.05 Å². The van der Waals surface area contributed by atoms with E-state index in [-0.39, 0.29) is 0 Å². The van der Waals surface area contributed by atoms with Crippen LogP contribution < -0.4 is 5.32 Å². The highest BCUT2D eigenvalue weighted by Gasteiger charge is 1.97. The molecule has 78 valence electrons. The molecule has 1 aromatic carbocycles. The molecule has 0 amide bonds. The lowest BCUT2D eigenvalue weighted by molar-refractivity contribution is 0.528. The number of unbranched alkanes of at least 4 members (excludes halogenated alkanes) is 1.